The number of halogens is 2. The summed E-state index contributed by atoms with van der Waals surface area (Å²) in [7, 11) is -3.71. The van der Waals surface area contributed by atoms with E-state index in [9.17, 15) is 18.0 Å². The Morgan fingerprint density at radius 2 is 1.63 bits per heavy atom. The van der Waals surface area contributed by atoms with Gasteiger partial charge < -0.3 is 10.2 Å². The van der Waals surface area contributed by atoms with Crippen LogP contribution in [0, 0.1) is 6.92 Å². The second kappa shape index (κ2) is 15.2. The third kappa shape index (κ3) is 9.76. The molecule has 0 aromatic heterocycles. The van der Waals surface area contributed by atoms with E-state index in [1.807, 2.05) is 68.4 Å². The van der Waals surface area contributed by atoms with Gasteiger partial charge in [-0.1, -0.05) is 90.3 Å². The summed E-state index contributed by atoms with van der Waals surface area (Å²) in [5, 5.41) is 3.55. The van der Waals surface area contributed by atoms with Gasteiger partial charge in [-0.2, -0.15) is 0 Å². The number of carbonyl (C=O) groups excluding carboxylic acids is 2. The molecule has 1 N–H and O–H groups in total. The Hall–Kier alpha value is -3.07. The van der Waals surface area contributed by atoms with E-state index in [2.05, 4.69) is 5.32 Å². The number of nitrogens with zero attached hydrogens (tertiary/aromatic N) is 2. The summed E-state index contributed by atoms with van der Waals surface area (Å²) in [5.74, 6) is -0.469. The standard InChI is InChI=1S/C31H37Cl2N3O4S/c1-4-18-34-31(38)29(20-24-9-6-5-7-10-24)35(22-25-14-12-23(2)13-15-25)30(37)11-8-19-36(41(3,39)40)28-21-26(32)16-17-27(28)33/h5-7,9-10,12-17,21,29H,4,8,11,18-20,22H2,1-3H3,(H,34,38)/t29-/m0/s1. The van der Waals surface area contributed by atoms with Crippen molar-refractivity contribution in [3.8, 4) is 0 Å². The zero-order chi connectivity index (χ0) is 30.0. The minimum atomic E-state index is -3.71. The summed E-state index contributed by atoms with van der Waals surface area (Å²) in [6.45, 7) is 4.73. The van der Waals surface area contributed by atoms with E-state index >= 15 is 0 Å². The van der Waals surface area contributed by atoms with Gasteiger partial charge in [0, 0.05) is 37.5 Å². The van der Waals surface area contributed by atoms with Crippen molar-refractivity contribution in [1.29, 1.82) is 0 Å². The number of anilines is 1. The topological polar surface area (TPSA) is 86.8 Å². The van der Waals surface area contributed by atoms with Crippen LogP contribution in [0.1, 0.15) is 42.9 Å². The van der Waals surface area contributed by atoms with E-state index < -0.39 is 16.1 Å². The van der Waals surface area contributed by atoms with Crippen molar-refractivity contribution >= 4 is 50.7 Å². The highest BCUT2D eigenvalue weighted by atomic mass is 35.5. The first-order chi connectivity index (χ1) is 19.5. The number of rotatable bonds is 14. The van der Waals surface area contributed by atoms with Gasteiger partial charge in [0.25, 0.3) is 0 Å². The molecule has 0 aliphatic heterocycles. The van der Waals surface area contributed by atoms with Crippen LogP contribution in [-0.4, -0.2) is 50.5 Å². The number of sulfonamides is 1. The van der Waals surface area contributed by atoms with Crippen LogP contribution < -0.4 is 9.62 Å². The molecule has 0 fully saturated rings. The minimum absolute atomic E-state index is 0.0222. The van der Waals surface area contributed by atoms with Crippen LogP contribution >= 0.6 is 23.2 Å². The molecule has 0 unspecified atom stereocenters. The fourth-order valence-corrected chi connectivity index (χ4v) is 5.87. The fourth-order valence-electron chi connectivity index (χ4n) is 4.47. The Morgan fingerprint density at radius 3 is 2.27 bits per heavy atom. The lowest BCUT2D eigenvalue weighted by atomic mass is 10.0. The number of aryl methyl sites for hydroxylation is 1. The Labute approximate surface area is 253 Å². The molecular weight excluding hydrogens is 581 g/mol. The molecule has 1 atom stereocenters. The highest BCUT2D eigenvalue weighted by molar-refractivity contribution is 7.92. The molecule has 0 saturated heterocycles. The molecule has 0 bridgehead atoms. The van der Waals surface area contributed by atoms with Crippen LogP contribution in [0.4, 0.5) is 5.69 Å². The van der Waals surface area contributed by atoms with Gasteiger partial charge in [-0.15, -0.1) is 0 Å². The van der Waals surface area contributed by atoms with E-state index in [1.165, 1.54) is 12.1 Å². The van der Waals surface area contributed by atoms with Crippen LogP contribution in [0.5, 0.6) is 0 Å². The van der Waals surface area contributed by atoms with Crippen molar-refractivity contribution in [3.63, 3.8) is 0 Å². The zero-order valence-electron chi connectivity index (χ0n) is 23.6. The van der Waals surface area contributed by atoms with Crippen LogP contribution in [0.15, 0.2) is 72.8 Å². The van der Waals surface area contributed by atoms with Crippen LogP contribution in [0.2, 0.25) is 10.0 Å². The van der Waals surface area contributed by atoms with Crippen molar-refractivity contribution in [3.05, 3.63) is 99.5 Å². The average molecular weight is 619 g/mol. The van der Waals surface area contributed by atoms with Crippen LogP contribution in [0.3, 0.4) is 0 Å². The maximum atomic E-state index is 13.8. The molecule has 0 saturated carbocycles. The number of hydrogen-bond donors (Lipinski definition) is 1. The molecule has 0 heterocycles. The number of nitrogens with one attached hydrogen (secondary N) is 1. The third-order valence-corrected chi connectivity index (χ3v) is 8.36. The molecule has 0 aliphatic carbocycles. The summed E-state index contributed by atoms with van der Waals surface area (Å²) >= 11 is 12.4. The second-order valence-electron chi connectivity index (χ2n) is 10.0. The Bertz CT molecular complexity index is 1420. The lowest BCUT2D eigenvalue weighted by Crippen LogP contribution is -2.50. The van der Waals surface area contributed by atoms with Gasteiger partial charge in [0.2, 0.25) is 21.8 Å². The van der Waals surface area contributed by atoms with E-state index in [0.717, 1.165) is 33.7 Å². The van der Waals surface area contributed by atoms with Gasteiger partial charge >= 0.3 is 0 Å². The quantitative estimate of drug-likeness (QED) is 0.240. The van der Waals surface area contributed by atoms with Gasteiger partial charge in [0.15, 0.2) is 0 Å². The van der Waals surface area contributed by atoms with E-state index in [0.29, 0.717) is 18.0 Å². The molecular formula is C31H37Cl2N3O4S. The molecule has 3 rings (SSSR count). The predicted octanol–water partition coefficient (Wildman–Crippen LogP) is 6.01. The van der Waals surface area contributed by atoms with Crippen LogP contribution in [0.25, 0.3) is 0 Å². The van der Waals surface area contributed by atoms with Gasteiger partial charge in [-0.3, -0.25) is 13.9 Å². The second-order valence-corrected chi connectivity index (χ2v) is 12.8. The van der Waals surface area contributed by atoms with Gasteiger partial charge in [0.05, 0.1) is 17.0 Å². The molecule has 220 valence electrons. The predicted molar refractivity (Wildman–Crippen MR) is 167 cm³/mol. The van der Waals surface area contributed by atoms with Crippen molar-refractivity contribution in [2.75, 3.05) is 23.7 Å². The minimum Gasteiger partial charge on any atom is -0.354 e. The normalized spacial score (nSPS) is 12.0. The molecule has 10 heteroatoms. The molecule has 41 heavy (non-hydrogen) atoms. The molecule has 0 spiro atoms. The summed E-state index contributed by atoms with van der Waals surface area (Å²) in [6, 6.07) is 21.3. The Balaban J connectivity index is 1.88. The Kier molecular flexibility index (Phi) is 12.1. The molecule has 7 nitrogen and oxygen atoms in total. The molecule has 3 aromatic carbocycles. The first-order valence-electron chi connectivity index (χ1n) is 13.6. The molecule has 2 amide bonds. The van der Waals surface area contributed by atoms with E-state index in [4.69, 9.17) is 23.2 Å². The van der Waals surface area contributed by atoms with Crippen molar-refractivity contribution in [1.82, 2.24) is 10.2 Å². The lowest BCUT2D eigenvalue weighted by Gasteiger charge is -2.32. The summed E-state index contributed by atoms with van der Waals surface area (Å²) in [5.41, 5.74) is 3.18. The van der Waals surface area contributed by atoms with E-state index in [1.54, 1.807) is 11.0 Å². The average Bonchev–Trinajstić information content (AvgIpc) is 2.94. The van der Waals surface area contributed by atoms with Crippen molar-refractivity contribution < 1.29 is 18.0 Å². The highest BCUT2D eigenvalue weighted by Crippen LogP contribution is 2.31. The number of hydrogen-bond acceptors (Lipinski definition) is 4. The van der Waals surface area contributed by atoms with Crippen LogP contribution in [-0.2, 0) is 32.6 Å². The van der Waals surface area contributed by atoms with E-state index in [-0.39, 0.29) is 48.5 Å². The summed E-state index contributed by atoms with van der Waals surface area (Å²) in [4.78, 5) is 28.9. The number of carbonyl (C=O) groups is 2. The monoisotopic (exact) mass is 617 g/mol. The SMILES string of the molecule is CCCNC(=O)[C@H](Cc1ccccc1)N(Cc1ccc(C)cc1)C(=O)CCCN(c1cc(Cl)ccc1Cl)S(C)(=O)=O. The van der Waals surface area contributed by atoms with Gasteiger partial charge in [0.1, 0.15) is 6.04 Å². The first kappa shape index (κ1) is 32.4. The zero-order valence-corrected chi connectivity index (χ0v) is 26.0. The number of benzene rings is 3. The molecule has 0 aliphatic rings. The summed E-state index contributed by atoms with van der Waals surface area (Å²) < 4.78 is 26.5. The highest BCUT2D eigenvalue weighted by Gasteiger charge is 2.30. The van der Waals surface area contributed by atoms with Gasteiger partial charge in [-0.25, -0.2) is 8.42 Å². The molecule has 0 radical (unpaired) electrons. The largest absolute Gasteiger partial charge is 0.354 e. The first-order valence-corrected chi connectivity index (χ1v) is 16.2. The Morgan fingerprint density at radius 1 is 0.951 bits per heavy atom. The van der Waals surface area contributed by atoms with Crippen molar-refractivity contribution in [2.45, 2.75) is 52.1 Å². The maximum Gasteiger partial charge on any atom is 0.243 e. The van der Waals surface area contributed by atoms with Crippen molar-refractivity contribution in [2.24, 2.45) is 0 Å². The fraction of sp³-hybridized carbons (Fsp3) is 0.355. The summed E-state index contributed by atoms with van der Waals surface area (Å²) in [6.07, 6.45) is 2.45. The molecule has 3 aromatic rings. The smallest absolute Gasteiger partial charge is 0.243 e. The maximum absolute atomic E-state index is 13.8. The van der Waals surface area contributed by atoms with Gasteiger partial charge in [-0.05, 0) is 49.1 Å². The lowest BCUT2D eigenvalue weighted by molar-refractivity contribution is -0.141. The number of amides is 2. The third-order valence-electron chi connectivity index (χ3n) is 6.62.